The van der Waals surface area contributed by atoms with Gasteiger partial charge in [-0.3, -0.25) is 10.1 Å². The Morgan fingerprint density at radius 2 is 2.27 bits per heavy atom. The van der Waals surface area contributed by atoms with Crippen molar-refractivity contribution in [2.24, 2.45) is 0 Å². The van der Waals surface area contributed by atoms with E-state index in [0.717, 1.165) is 11.3 Å². The number of carbonyl (C=O) groups excluding carboxylic acids is 2. The summed E-state index contributed by atoms with van der Waals surface area (Å²) in [6, 6.07) is 6.56. The molecule has 0 bridgehead atoms. The molecule has 1 aromatic heterocycles. The zero-order valence-corrected chi connectivity index (χ0v) is 13.3. The number of hydrogen-bond donors (Lipinski definition) is 1. The third-order valence-corrected chi connectivity index (χ3v) is 3.91. The molecule has 0 spiro atoms. The molecule has 1 aromatic carbocycles. The van der Waals surface area contributed by atoms with Gasteiger partial charge in [0, 0.05) is 10.6 Å². The summed E-state index contributed by atoms with van der Waals surface area (Å²) in [5.41, 5.74) is 0.914. The fourth-order valence-corrected chi connectivity index (χ4v) is 2.68. The van der Waals surface area contributed by atoms with E-state index in [1.807, 2.05) is 0 Å². The van der Waals surface area contributed by atoms with Gasteiger partial charge in [0.15, 0.2) is 5.13 Å². The summed E-state index contributed by atoms with van der Waals surface area (Å²) in [5.74, 6) is -0.833. The van der Waals surface area contributed by atoms with E-state index in [0.29, 0.717) is 26.3 Å². The molecule has 0 aliphatic carbocycles. The van der Waals surface area contributed by atoms with E-state index in [4.69, 9.17) is 16.3 Å². The molecule has 0 saturated carbocycles. The van der Waals surface area contributed by atoms with Crippen molar-refractivity contribution < 1.29 is 14.3 Å². The van der Waals surface area contributed by atoms with Crippen molar-refractivity contribution in [3.05, 3.63) is 58.1 Å². The number of nitrogens with zero attached hydrogens (tertiary/aromatic N) is 1. The number of nitrogens with one attached hydrogen (secondary N) is 1. The molecule has 2 rings (SSSR count). The van der Waals surface area contributed by atoms with Crippen LogP contribution in [0.4, 0.5) is 5.13 Å². The van der Waals surface area contributed by atoms with Crippen LogP contribution >= 0.6 is 22.9 Å². The van der Waals surface area contributed by atoms with Gasteiger partial charge in [0.2, 0.25) is 0 Å². The van der Waals surface area contributed by atoms with Crippen LogP contribution in [0, 0.1) is 6.92 Å². The number of aromatic nitrogens is 1. The van der Waals surface area contributed by atoms with E-state index in [1.54, 1.807) is 31.2 Å². The third-order valence-electron chi connectivity index (χ3n) is 2.62. The molecular weight excluding hydrogens is 324 g/mol. The number of esters is 1. The quantitative estimate of drug-likeness (QED) is 0.667. The molecule has 0 fully saturated rings. The van der Waals surface area contributed by atoms with Crippen LogP contribution in [0.3, 0.4) is 0 Å². The van der Waals surface area contributed by atoms with Gasteiger partial charge in [0.25, 0.3) is 5.91 Å². The maximum Gasteiger partial charge on any atom is 0.350 e. The fraction of sp³-hybridized carbons (Fsp3) is 0.133. The molecule has 1 heterocycles. The van der Waals surface area contributed by atoms with Gasteiger partial charge in [-0.1, -0.05) is 41.7 Å². The summed E-state index contributed by atoms with van der Waals surface area (Å²) in [5, 5.41) is 3.44. The molecule has 0 radical (unpaired) electrons. The minimum Gasteiger partial charge on any atom is -0.457 e. The zero-order valence-electron chi connectivity index (χ0n) is 11.8. The SMILES string of the molecule is C=CCOC(=O)c1sc(NC(=O)c2cccc(Cl)c2)nc1C. The van der Waals surface area contributed by atoms with Crippen LogP contribution in [0.25, 0.3) is 0 Å². The second kappa shape index (κ2) is 7.20. The molecule has 0 atom stereocenters. The summed E-state index contributed by atoms with van der Waals surface area (Å²) in [6.07, 6.45) is 1.48. The average molecular weight is 337 g/mol. The van der Waals surface area contributed by atoms with Crippen molar-refractivity contribution >= 4 is 39.9 Å². The fourth-order valence-electron chi connectivity index (χ4n) is 1.64. The first kappa shape index (κ1) is 16.2. The van der Waals surface area contributed by atoms with Gasteiger partial charge >= 0.3 is 5.97 Å². The zero-order chi connectivity index (χ0) is 16.1. The van der Waals surface area contributed by atoms with E-state index in [2.05, 4.69) is 16.9 Å². The van der Waals surface area contributed by atoms with Gasteiger partial charge in [-0.05, 0) is 25.1 Å². The first-order valence-corrected chi connectivity index (χ1v) is 7.53. The van der Waals surface area contributed by atoms with Gasteiger partial charge in [0.1, 0.15) is 11.5 Å². The molecule has 0 aliphatic heterocycles. The minimum absolute atomic E-state index is 0.125. The van der Waals surface area contributed by atoms with Crippen LogP contribution in [0.2, 0.25) is 5.02 Å². The first-order chi connectivity index (χ1) is 10.5. The summed E-state index contributed by atoms with van der Waals surface area (Å²) in [7, 11) is 0. The van der Waals surface area contributed by atoms with Crippen LogP contribution in [0.5, 0.6) is 0 Å². The number of amides is 1. The summed E-state index contributed by atoms with van der Waals surface area (Å²) < 4.78 is 4.96. The molecule has 5 nitrogen and oxygen atoms in total. The molecule has 0 aliphatic rings. The lowest BCUT2D eigenvalue weighted by molar-refractivity contribution is 0.0554. The third kappa shape index (κ3) is 3.93. The maximum absolute atomic E-state index is 12.1. The molecule has 1 N–H and O–H groups in total. The van der Waals surface area contributed by atoms with Gasteiger partial charge in [0.05, 0.1) is 5.69 Å². The number of aryl methyl sites for hydroxylation is 1. The normalized spacial score (nSPS) is 10.1. The molecule has 0 saturated heterocycles. The Bertz CT molecular complexity index is 727. The highest BCUT2D eigenvalue weighted by Gasteiger charge is 2.18. The topological polar surface area (TPSA) is 68.3 Å². The predicted octanol–water partition coefficient (Wildman–Crippen LogP) is 3.70. The van der Waals surface area contributed by atoms with E-state index in [-0.39, 0.29) is 12.5 Å². The van der Waals surface area contributed by atoms with Crippen molar-refractivity contribution in [1.29, 1.82) is 0 Å². The highest BCUT2D eigenvalue weighted by molar-refractivity contribution is 7.17. The predicted molar refractivity (Wildman–Crippen MR) is 86.7 cm³/mol. The Morgan fingerprint density at radius 1 is 1.50 bits per heavy atom. The summed E-state index contributed by atoms with van der Waals surface area (Å²) in [4.78, 5) is 28.4. The molecule has 7 heteroatoms. The van der Waals surface area contributed by atoms with Crippen LogP contribution in [0.1, 0.15) is 25.7 Å². The number of thiazole rings is 1. The average Bonchev–Trinajstić information content (AvgIpc) is 2.85. The second-order valence-corrected chi connectivity index (χ2v) is 5.72. The van der Waals surface area contributed by atoms with E-state index in [1.165, 1.54) is 6.08 Å². The largest absolute Gasteiger partial charge is 0.457 e. The molecule has 0 unspecified atom stereocenters. The number of anilines is 1. The van der Waals surface area contributed by atoms with E-state index >= 15 is 0 Å². The number of benzene rings is 1. The lowest BCUT2D eigenvalue weighted by Gasteiger charge is -2.01. The van der Waals surface area contributed by atoms with E-state index < -0.39 is 5.97 Å². The van der Waals surface area contributed by atoms with Crippen LogP contribution in [-0.4, -0.2) is 23.5 Å². The molecule has 2 aromatic rings. The number of hydrogen-bond acceptors (Lipinski definition) is 5. The van der Waals surface area contributed by atoms with Crippen molar-refractivity contribution in [3.8, 4) is 0 Å². The Hall–Kier alpha value is -2.18. The van der Waals surface area contributed by atoms with Crippen LogP contribution in [-0.2, 0) is 4.74 Å². The Kier molecular flexibility index (Phi) is 5.30. The van der Waals surface area contributed by atoms with Gasteiger partial charge < -0.3 is 4.74 Å². The smallest absolute Gasteiger partial charge is 0.350 e. The maximum atomic E-state index is 12.1. The van der Waals surface area contributed by atoms with Gasteiger partial charge in [-0.25, -0.2) is 9.78 Å². The van der Waals surface area contributed by atoms with Gasteiger partial charge in [-0.2, -0.15) is 0 Å². The molecule has 114 valence electrons. The second-order valence-electron chi connectivity index (χ2n) is 4.29. The first-order valence-electron chi connectivity index (χ1n) is 6.33. The van der Waals surface area contributed by atoms with Crippen molar-refractivity contribution in [2.75, 3.05) is 11.9 Å². The monoisotopic (exact) mass is 336 g/mol. The van der Waals surface area contributed by atoms with Crippen LogP contribution in [0.15, 0.2) is 36.9 Å². The van der Waals surface area contributed by atoms with Crippen molar-refractivity contribution in [2.45, 2.75) is 6.92 Å². The van der Waals surface area contributed by atoms with Crippen molar-refractivity contribution in [3.63, 3.8) is 0 Å². The minimum atomic E-state index is -0.488. The van der Waals surface area contributed by atoms with E-state index in [9.17, 15) is 9.59 Å². The Balaban J connectivity index is 2.12. The number of ether oxygens (including phenoxy) is 1. The Morgan fingerprint density at radius 3 is 2.95 bits per heavy atom. The number of halogens is 1. The molecule has 1 amide bonds. The van der Waals surface area contributed by atoms with Crippen molar-refractivity contribution in [1.82, 2.24) is 4.98 Å². The standard InChI is InChI=1S/C15H13ClN2O3S/c1-3-7-21-14(20)12-9(2)17-15(22-12)18-13(19)10-5-4-6-11(16)8-10/h3-6,8H,1,7H2,2H3,(H,17,18,19). The van der Waals surface area contributed by atoms with Crippen LogP contribution < -0.4 is 5.32 Å². The molecule has 22 heavy (non-hydrogen) atoms. The number of carbonyl (C=O) groups is 2. The lowest BCUT2D eigenvalue weighted by atomic mass is 10.2. The highest BCUT2D eigenvalue weighted by Crippen LogP contribution is 2.24. The summed E-state index contributed by atoms with van der Waals surface area (Å²) in [6.45, 7) is 5.28. The highest BCUT2D eigenvalue weighted by atomic mass is 35.5. The number of rotatable bonds is 5. The van der Waals surface area contributed by atoms with Gasteiger partial charge in [-0.15, -0.1) is 0 Å². The summed E-state index contributed by atoms with van der Waals surface area (Å²) >= 11 is 6.91. The lowest BCUT2D eigenvalue weighted by Crippen LogP contribution is -2.11. The molecular formula is C15H13ClN2O3S. The Labute approximate surface area is 136 Å².